The van der Waals surface area contributed by atoms with Crippen LogP contribution in [-0.4, -0.2) is 12.1 Å². The summed E-state index contributed by atoms with van der Waals surface area (Å²) in [7, 11) is 1.67. The molecular weight excluding hydrogens is 302 g/mol. The summed E-state index contributed by atoms with van der Waals surface area (Å²) in [6, 6.07) is 18.1. The van der Waals surface area contributed by atoms with Crippen molar-refractivity contribution in [2.45, 2.75) is 0 Å². The van der Waals surface area contributed by atoms with E-state index in [2.05, 4.69) is 15.9 Å². The van der Waals surface area contributed by atoms with E-state index >= 15 is 0 Å². The van der Waals surface area contributed by atoms with Crippen LogP contribution in [-0.2, 0) is 0 Å². The first-order valence-corrected chi connectivity index (χ1v) is 6.77. The minimum Gasteiger partial charge on any atom is -0.494 e. The topological polar surface area (TPSA) is 22.1 Å². The van der Waals surface area contributed by atoms with Gasteiger partial charge < -0.3 is 4.74 Å². The molecule has 3 rings (SSSR count). The van der Waals surface area contributed by atoms with Crippen LogP contribution in [0.4, 0.5) is 0 Å². The molecule has 0 unspecified atom stereocenters. The molecule has 0 N–H and O–H groups in total. The zero-order chi connectivity index (χ0) is 13.2. The largest absolute Gasteiger partial charge is 0.494 e. The number of nitrogens with zero attached hydrogens (tertiary/aromatic N) is 1. The number of aromatic nitrogens is 1. The minimum atomic E-state index is 0.789. The molecule has 3 aromatic rings. The van der Waals surface area contributed by atoms with E-state index in [9.17, 15) is 0 Å². The molecule has 94 valence electrons. The van der Waals surface area contributed by atoms with Gasteiger partial charge in [0.2, 0.25) is 0 Å². The second-order valence-electron chi connectivity index (χ2n) is 4.24. The lowest BCUT2D eigenvalue weighted by Crippen LogP contribution is -1.92. The van der Waals surface area contributed by atoms with Crippen LogP contribution >= 0.6 is 15.9 Å². The number of fused-ring (bicyclic) bond motifs is 1. The van der Waals surface area contributed by atoms with Crippen molar-refractivity contribution in [1.29, 1.82) is 0 Å². The lowest BCUT2D eigenvalue weighted by Gasteiger charge is -2.10. The van der Waals surface area contributed by atoms with E-state index < -0.39 is 0 Å². The smallest absolute Gasteiger partial charge is 0.145 e. The van der Waals surface area contributed by atoms with Crippen LogP contribution in [0.1, 0.15) is 0 Å². The van der Waals surface area contributed by atoms with Crippen molar-refractivity contribution in [2.24, 2.45) is 0 Å². The van der Waals surface area contributed by atoms with Crippen molar-refractivity contribution in [1.82, 2.24) is 4.98 Å². The summed E-state index contributed by atoms with van der Waals surface area (Å²) in [4.78, 5) is 4.71. The molecule has 0 spiro atoms. The number of pyridine rings is 1. The van der Waals surface area contributed by atoms with Crippen LogP contribution in [0.25, 0.3) is 22.2 Å². The SMILES string of the molecule is COc1cc2cc(Br)ccc2nc1-c1ccccc1. The van der Waals surface area contributed by atoms with Crippen LogP contribution in [0, 0.1) is 0 Å². The Labute approximate surface area is 120 Å². The van der Waals surface area contributed by atoms with Gasteiger partial charge in [0.1, 0.15) is 11.4 Å². The van der Waals surface area contributed by atoms with Crippen molar-refractivity contribution in [3.05, 3.63) is 59.1 Å². The molecule has 0 bridgehead atoms. The molecule has 0 saturated heterocycles. The fourth-order valence-corrected chi connectivity index (χ4v) is 2.47. The third-order valence-corrected chi connectivity index (χ3v) is 3.50. The second kappa shape index (κ2) is 5.02. The summed E-state index contributed by atoms with van der Waals surface area (Å²) in [5.74, 6) is 0.789. The van der Waals surface area contributed by atoms with Crippen LogP contribution in [0.2, 0.25) is 0 Å². The minimum absolute atomic E-state index is 0.789. The maximum Gasteiger partial charge on any atom is 0.145 e. The number of ether oxygens (including phenoxy) is 1. The molecule has 1 heterocycles. The van der Waals surface area contributed by atoms with Crippen molar-refractivity contribution in [3.8, 4) is 17.0 Å². The van der Waals surface area contributed by atoms with Gasteiger partial charge in [0.15, 0.2) is 0 Å². The van der Waals surface area contributed by atoms with E-state index in [1.54, 1.807) is 7.11 Å². The van der Waals surface area contributed by atoms with Gasteiger partial charge in [-0.15, -0.1) is 0 Å². The standard InChI is InChI=1S/C16H12BrNO/c1-19-15-10-12-9-13(17)7-8-14(12)18-16(15)11-5-3-2-4-6-11/h2-10H,1H3. The van der Waals surface area contributed by atoms with Crippen LogP contribution in [0.15, 0.2) is 59.1 Å². The molecule has 19 heavy (non-hydrogen) atoms. The van der Waals surface area contributed by atoms with E-state index in [-0.39, 0.29) is 0 Å². The molecular formula is C16H12BrNO. The first kappa shape index (κ1) is 12.2. The third kappa shape index (κ3) is 2.34. The molecule has 0 saturated carbocycles. The Morgan fingerprint density at radius 3 is 2.53 bits per heavy atom. The average molecular weight is 314 g/mol. The number of rotatable bonds is 2. The van der Waals surface area contributed by atoms with Crippen molar-refractivity contribution in [2.75, 3.05) is 7.11 Å². The quantitative estimate of drug-likeness (QED) is 0.685. The highest BCUT2D eigenvalue weighted by atomic mass is 79.9. The predicted molar refractivity (Wildman–Crippen MR) is 81.4 cm³/mol. The lowest BCUT2D eigenvalue weighted by molar-refractivity contribution is 0.415. The number of hydrogen-bond donors (Lipinski definition) is 0. The molecule has 0 aliphatic carbocycles. The molecule has 2 nitrogen and oxygen atoms in total. The van der Waals surface area contributed by atoms with Crippen molar-refractivity contribution < 1.29 is 4.74 Å². The van der Waals surface area contributed by atoms with Gasteiger partial charge >= 0.3 is 0 Å². The van der Waals surface area contributed by atoms with Gasteiger partial charge in [0, 0.05) is 15.4 Å². The zero-order valence-corrected chi connectivity index (χ0v) is 12.0. The molecule has 2 aromatic carbocycles. The maximum absolute atomic E-state index is 5.47. The van der Waals surface area contributed by atoms with E-state index in [1.165, 1.54) is 0 Å². The second-order valence-corrected chi connectivity index (χ2v) is 5.16. The summed E-state index contributed by atoms with van der Waals surface area (Å²) in [6.07, 6.45) is 0. The normalized spacial score (nSPS) is 10.6. The number of hydrogen-bond acceptors (Lipinski definition) is 2. The summed E-state index contributed by atoms with van der Waals surface area (Å²) in [6.45, 7) is 0. The van der Waals surface area contributed by atoms with E-state index in [1.807, 2.05) is 54.6 Å². The van der Waals surface area contributed by atoms with Crippen LogP contribution < -0.4 is 4.74 Å². The first-order valence-electron chi connectivity index (χ1n) is 5.97. The summed E-state index contributed by atoms with van der Waals surface area (Å²) in [5, 5.41) is 1.06. The van der Waals surface area contributed by atoms with Gasteiger partial charge in [-0.3, -0.25) is 0 Å². The molecule has 1 aromatic heterocycles. The summed E-state index contributed by atoms with van der Waals surface area (Å²) < 4.78 is 6.51. The Morgan fingerprint density at radius 2 is 1.79 bits per heavy atom. The fraction of sp³-hybridized carbons (Fsp3) is 0.0625. The van der Waals surface area contributed by atoms with Gasteiger partial charge in [-0.1, -0.05) is 46.3 Å². The Hall–Kier alpha value is -1.87. The van der Waals surface area contributed by atoms with E-state index in [4.69, 9.17) is 9.72 Å². The van der Waals surface area contributed by atoms with E-state index in [0.29, 0.717) is 0 Å². The lowest BCUT2D eigenvalue weighted by atomic mass is 10.1. The molecule has 3 heteroatoms. The third-order valence-electron chi connectivity index (χ3n) is 3.01. The highest BCUT2D eigenvalue weighted by Gasteiger charge is 2.09. The molecule has 0 aliphatic heterocycles. The highest BCUT2D eigenvalue weighted by molar-refractivity contribution is 9.10. The van der Waals surface area contributed by atoms with Gasteiger partial charge in [0.05, 0.1) is 12.6 Å². The number of benzene rings is 2. The number of methoxy groups -OCH3 is 1. The van der Waals surface area contributed by atoms with Crippen LogP contribution in [0.5, 0.6) is 5.75 Å². The van der Waals surface area contributed by atoms with E-state index in [0.717, 1.165) is 32.4 Å². The Bertz CT molecular complexity index is 725. The van der Waals surface area contributed by atoms with Gasteiger partial charge in [-0.2, -0.15) is 0 Å². The summed E-state index contributed by atoms with van der Waals surface area (Å²) in [5.41, 5.74) is 2.89. The zero-order valence-electron chi connectivity index (χ0n) is 10.4. The highest BCUT2D eigenvalue weighted by Crippen LogP contribution is 2.32. The van der Waals surface area contributed by atoms with Crippen molar-refractivity contribution in [3.63, 3.8) is 0 Å². The predicted octanol–water partition coefficient (Wildman–Crippen LogP) is 4.67. The Morgan fingerprint density at radius 1 is 1.00 bits per heavy atom. The van der Waals surface area contributed by atoms with Crippen molar-refractivity contribution >= 4 is 26.8 Å². The first-order chi connectivity index (χ1) is 9.28. The van der Waals surface area contributed by atoms with Crippen LogP contribution in [0.3, 0.4) is 0 Å². The molecule has 0 amide bonds. The average Bonchev–Trinajstić information content (AvgIpc) is 2.46. The summed E-state index contributed by atoms with van der Waals surface area (Å²) >= 11 is 3.47. The van der Waals surface area contributed by atoms with Gasteiger partial charge in [-0.25, -0.2) is 4.98 Å². The Balaban J connectivity index is 2.27. The monoisotopic (exact) mass is 313 g/mol. The maximum atomic E-state index is 5.47. The number of halogens is 1. The molecule has 0 radical (unpaired) electrons. The fourth-order valence-electron chi connectivity index (χ4n) is 2.09. The molecule has 0 atom stereocenters. The van der Waals surface area contributed by atoms with Gasteiger partial charge in [-0.05, 0) is 24.3 Å². The van der Waals surface area contributed by atoms with Gasteiger partial charge in [0.25, 0.3) is 0 Å². The molecule has 0 fully saturated rings. The molecule has 0 aliphatic rings. The Kier molecular flexibility index (Phi) is 3.22.